The van der Waals surface area contributed by atoms with Crippen molar-refractivity contribution < 1.29 is 9.72 Å². The SMILES string of the molecule is Cc1c(NC(=O)c2ccc(N3CCCCC3)c([N+](=O)[O-])c2)cccc1-c1nc2ccccc2s1. The van der Waals surface area contributed by atoms with Crippen LogP contribution < -0.4 is 10.2 Å². The van der Waals surface area contributed by atoms with Crippen LogP contribution in [0, 0.1) is 17.0 Å². The summed E-state index contributed by atoms with van der Waals surface area (Å²) in [5.74, 6) is -0.377. The topological polar surface area (TPSA) is 88.4 Å². The Kier molecular flexibility index (Phi) is 5.98. The van der Waals surface area contributed by atoms with Gasteiger partial charge in [0.15, 0.2) is 0 Å². The molecule has 172 valence electrons. The molecule has 0 spiro atoms. The molecule has 1 aromatic heterocycles. The number of aromatic nitrogens is 1. The molecule has 34 heavy (non-hydrogen) atoms. The van der Waals surface area contributed by atoms with E-state index in [0.29, 0.717) is 11.4 Å². The van der Waals surface area contributed by atoms with Crippen LogP contribution in [0.5, 0.6) is 0 Å². The summed E-state index contributed by atoms with van der Waals surface area (Å²) in [5.41, 5.74) is 4.25. The molecule has 0 radical (unpaired) electrons. The average molecular weight is 473 g/mol. The lowest BCUT2D eigenvalue weighted by Gasteiger charge is -2.28. The Morgan fingerprint density at radius 1 is 1.06 bits per heavy atom. The maximum absolute atomic E-state index is 13.1. The van der Waals surface area contributed by atoms with Gasteiger partial charge < -0.3 is 10.2 Å². The highest BCUT2D eigenvalue weighted by atomic mass is 32.1. The predicted octanol–water partition coefficient (Wildman–Crippen LogP) is 6.42. The summed E-state index contributed by atoms with van der Waals surface area (Å²) in [6.07, 6.45) is 3.17. The molecule has 1 N–H and O–H groups in total. The number of benzene rings is 3. The number of anilines is 2. The van der Waals surface area contributed by atoms with Gasteiger partial charge in [0.05, 0.1) is 15.1 Å². The first-order chi connectivity index (χ1) is 16.5. The Morgan fingerprint density at radius 2 is 1.85 bits per heavy atom. The number of para-hydroxylation sites is 1. The molecule has 1 saturated heterocycles. The van der Waals surface area contributed by atoms with E-state index in [1.165, 1.54) is 6.07 Å². The number of hydrogen-bond acceptors (Lipinski definition) is 6. The third-order valence-corrected chi connectivity index (χ3v) is 7.31. The van der Waals surface area contributed by atoms with E-state index >= 15 is 0 Å². The molecule has 4 aromatic rings. The Bertz CT molecular complexity index is 1360. The van der Waals surface area contributed by atoms with Crippen LogP contribution in [0.3, 0.4) is 0 Å². The van der Waals surface area contributed by atoms with Crippen LogP contribution in [0.15, 0.2) is 60.7 Å². The van der Waals surface area contributed by atoms with Crippen molar-refractivity contribution >= 4 is 44.5 Å². The molecule has 7 nitrogen and oxygen atoms in total. The summed E-state index contributed by atoms with van der Waals surface area (Å²) in [6.45, 7) is 3.53. The van der Waals surface area contributed by atoms with Crippen molar-refractivity contribution in [2.45, 2.75) is 26.2 Å². The first-order valence-corrected chi connectivity index (χ1v) is 12.1. The zero-order valence-corrected chi connectivity index (χ0v) is 19.6. The summed E-state index contributed by atoms with van der Waals surface area (Å²) in [6, 6.07) is 18.4. The lowest BCUT2D eigenvalue weighted by molar-refractivity contribution is -0.384. The Hall–Kier alpha value is -3.78. The van der Waals surface area contributed by atoms with Gasteiger partial charge in [0.2, 0.25) is 0 Å². The fourth-order valence-electron chi connectivity index (χ4n) is 4.40. The highest BCUT2D eigenvalue weighted by Gasteiger charge is 2.23. The molecule has 5 rings (SSSR count). The summed E-state index contributed by atoms with van der Waals surface area (Å²) in [4.78, 5) is 31.2. The van der Waals surface area contributed by atoms with Gasteiger partial charge >= 0.3 is 0 Å². The molecule has 1 aliphatic heterocycles. The maximum atomic E-state index is 13.1. The van der Waals surface area contributed by atoms with Crippen LogP contribution in [0.4, 0.5) is 17.1 Å². The van der Waals surface area contributed by atoms with E-state index < -0.39 is 4.92 Å². The smallest absolute Gasteiger partial charge is 0.293 e. The molecular formula is C26H24N4O3S. The minimum absolute atomic E-state index is 0.0329. The van der Waals surface area contributed by atoms with E-state index in [1.54, 1.807) is 23.5 Å². The van der Waals surface area contributed by atoms with E-state index in [0.717, 1.165) is 58.7 Å². The summed E-state index contributed by atoms with van der Waals surface area (Å²) in [7, 11) is 0. The normalized spacial score (nSPS) is 13.7. The minimum atomic E-state index is -0.403. The molecular weight excluding hydrogens is 448 g/mol. The summed E-state index contributed by atoms with van der Waals surface area (Å²) >= 11 is 1.61. The van der Waals surface area contributed by atoms with Gasteiger partial charge in [-0.25, -0.2) is 4.98 Å². The van der Waals surface area contributed by atoms with Gasteiger partial charge in [0.1, 0.15) is 10.7 Å². The van der Waals surface area contributed by atoms with Crippen LogP contribution >= 0.6 is 11.3 Å². The molecule has 1 aliphatic rings. The second kappa shape index (κ2) is 9.23. The van der Waals surface area contributed by atoms with Crippen molar-refractivity contribution in [3.63, 3.8) is 0 Å². The number of hydrogen-bond donors (Lipinski definition) is 1. The Labute approximate surface area is 201 Å². The number of fused-ring (bicyclic) bond motifs is 1. The number of nitro groups is 1. The molecule has 2 heterocycles. The van der Waals surface area contributed by atoms with Crippen molar-refractivity contribution in [2.75, 3.05) is 23.3 Å². The lowest BCUT2D eigenvalue weighted by atomic mass is 10.1. The number of amides is 1. The van der Waals surface area contributed by atoms with Crippen molar-refractivity contribution in [3.8, 4) is 10.6 Å². The van der Waals surface area contributed by atoms with Crippen molar-refractivity contribution in [1.82, 2.24) is 4.98 Å². The van der Waals surface area contributed by atoms with Crippen LogP contribution in [-0.2, 0) is 0 Å². The van der Waals surface area contributed by atoms with E-state index in [2.05, 4.69) is 5.32 Å². The number of nitrogens with zero attached hydrogens (tertiary/aromatic N) is 3. The summed E-state index contributed by atoms with van der Waals surface area (Å²) in [5, 5.41) is 15.6. The van der Waals surface area contributed by atoms with Crippen molar-refractivity contribution in [1.29, 1.82) is 0 Å². The summed E-state index contributed by atoms with van der Waals surface area (Å²) < 4.78 is 1.10. The van der Waals surface area contributed by atoms with Gasteiger partial charge in [-0.3, -0.25) is 14.9 Å². The average Bonchev–Trinajstić information content (AvgIpc) is 3.29. The largest absolute Gasteiger partial charge is 0.366 e. The predicted molar refractivity (Wildman–Crippen MR) is 137 cm³/mol. The van der Waals surface area contributed by atoms with Crippen LogP contribution in [-0.4, -0.2) is 28.9 Å². The maximum Gasteiger partial charge on any atom is 0.293 e. The number of nitrogens with one attached hydrogen (secondary N) is 1. The van der Waals surface area contributed by atoms with Gasteiger partial charge in [-0.15, -0.1) is 11.3 Å². The number of nitro benzene ring substituents is 1. The number of carbonyl (C=O) groups excluding carboxylic acids is 1. The molecule has 1 fully saturated rings. The van der Waals surface area contributed by atoms with Gasteiger partial charge in [-0.1, -0.05) is 24.3 Å². The highest BCUT2D eigenvalue weighted by Crippen LogP contribution is 2.35. The number of piperidine rings is 1. The van der Waals surface area contributed by atoms with Crippen LogP contribution in [0.2, 0.25) is 0 Å². The van der Waals surface area contributed by atoms with E-state index in [1.807, 2.05) is 54.3 Å². The Morgan fingerprint density at radius 3 is 2.62 bits per heavy atom. The zero-order valence-electron chi connectivity index (χ0n) is 18.8. The van der Waals surface area contributed by atoms with Gasteiger partial charge in [0.25, 0.3) is 11.6 Å². The molecule has 0 bridgehead atoms. The Balaban J connectivity index is 1.42. The second-order valence-electron chi connectivity index (χ2n) is 8.43. The molecule has 0 unspecified atom stereocenters. The number of thiazole rings is 1. The quantitative estimate of drug-likeness (QED) is 0.267. The van der Waals surface area contributed by atoms with Gasteiger partial charge in [-0.05, 0) is 62.1 Å². The molecule has 0 saturated carbocycles. The van der Waals surface area contributed by atoms with Gasteiger partial charge in [0, 0.05) is 36.0 Å². The fourth-order valence-corrected chi connectivity index (χ4v) is 5.45. The number of carbonyl (C=O) groups is 1. The molecule has 0 aliphatic carbocycles. The number of rotatable bonds is 5. The lowest BCUT2D eigenvalue weighted by Crippen LogP contribution is -2.30. The third-order valence-electron chi connectivity index (χ3n) is 6.24. The molecule has 0 atom stereocenters. The third kappa shape index (κ3) is 4.24. The molecule has 3 aromatic carbocycles. The van der Waals surface area contributed by atoms with Gasteiger partial charge in [-0.2, -0.15) is 0 Å². The van der Waals surface area contributed by atoms with E-state index in [-0.39, 0.29) is 17.2 Å². The monoisotopic (exact) mass is 472 g/mol. The van der Waals surface area contributed by atoms with E-state index in [9.17, 15) is 14.9 Å². The van der Waals surface area contributed by atoms with Crippen LogP contribution in [0.1, 0.15) is 35.2 Å². The van der Waals surface area contributed by atoms with Crippen molar-refractivity contribution in [3.05, 3.63) is 81.9 Å². The second-order valence-corrected chi connectivity index (χ2v) is 9.46. The molecule has 1 amide bonds. The first kappa shape index (κ1) is 22.0. The fraction of sp³-hybridized carbons (Fsp3) is 0.231. The van der Waals surface area contributed by atoms with E-state index in [4.69, 9.17) is 4.98 Å². The zero-order chi connectivity index (χ0) is 23.7. The van der Waals surface area contributed by atoms with Crippen LogP contribution in [0.25, 0.3) is 20.8 Å². The highest BCUT2D eigenvalue weighted by molar-refractivity contribution is 7.21. The standard InChI is InChI=1S/C26H24N4O3S/c1-17-19(26-28-21-9-3-4-11-24(21)34-26)8-7-10-20(17)27-25(31)18-12-13-22(23(16-18)30(32)33)29-14-5-2-6-15-29/h3-4,7-13,16H,2,5-6,14-15H2,1H3,(H,27,31). The minimum Gasteiger partial charge on any atom is -0.366 e. The first-order valence-electron chi connectivity index (χ1n) is 11.3. The molecule has 8 heteroatoms. The van der Waals surface area contributed by atoms with Crippen molar-refractivity contribution in [2.24, 2.45) is 0 Å².